The van der Waals surface area contributed by atoms with Gasteiger partial charge in [0, 0.05) is 36.8 Å². The fraction of sp³-hybridized carbons (Fsp3) is 0.276. The third-order valence-corrected chi connectivity index (χ3v) is 6.30. The molecule has 3 aromatic heterocycles. The second-order valence-corrected chi connectivity index (χ2v) is 8.85. The molecule has 0 saturated carbocycles. The highest BCUT2D eigenvalue weighted by molar-refractivity contribution is 6.04. The highest BCUT2D eigenvalue weighted by Gasteiger charge is 2.24. The number of imidazole rings is 1. The smallest absolute Gasteiger partial charge is 0.298 e. The van der Waals surface area contributed by atoms with Gasteiger partial charge in [0.2, 0.25) is 0 Å². The Balaban J connectivity index is 1.64. The molecular weight excluding hydrogens is 464 g/mol. The van der Waals surface area contributed by atoms with E-state index in [2.05, 4.69) is 34.0 Å². The molecule has 8 nitrogen and oxygen atoms in total. The summed E-state index contributed by atoms with van der Waals surface area (Å²) in [6, 6.07) is 10.8. The molecule has 0 aliphatic heterocycles. The monoisotopic (exact) mass is 494 g/mol. The molecule has 3 heterocycles. The maximum atomic E-state index is 12.9. The van der Waals surface area contributed by atoms with Crippen LogP contribution >= 0.6 is 0 Å². The average molecular weight is 495 g/mol. The van der Waals surface area contributed by atoms with Crippen molar-refractivity contribution in [3.05, 3.63) is 77.6 Å². The number of hydrogen-bond donors (Lipinski definition) is 1. The number of rotatable bonds is 7. The number of pyridine rings is 1. The SMILES string of the molecule is CC#CC(=O)N(C)[C@@H](C)c1nc(-c2ccc(C(=O)Nc3cc(CCC)ccn3)cc2)c2c(C)nccn12. The molecule has 0 aliphatic carbocycles. The third-order valence-electron chi connectivity index (χ3n) is 6.30. The van der Waals surface area contributed by atoms with E-state index in [1.165, 1.54) is 0 Å². The first-order valence-electron chi connectivity index (χ1n) is 12.2. The first-order chi connectivity index (χ1) is 17.8. The highest BCUT2D eigenvalue weighted by atomic mass is 16.2. The Hall–Kier alpha value is -4.51. The Labute approximate surface area is 216 Å². The van der Waals surface area contributed by atoms with Crippen molar-refractivity contribution in [3.63, 3.8) is 0 Å². The maximum Gasteiger partial charge on any atom is 0.298 e. The highest BCUT2D eigenvalue weighted by Crippen LogP contribution is 2.30. The summed E-state index contributed by atoms with van der Waals surface area (Å²) < 4.78 is 1.96. The molecule has 4 aromatic rings. The van der Waals surface area contributed by atoms with Crippen LogP contribution in [0.4, 0.5) is 5.82 Å². The van der Waals surface area contributed by atoms with Gasteiger partial charge in [-0.25, -0.2) is 9.97 Å². The number of benzene rings is 1. The average Bonchev–Trinajstić information content (AvgIpc) is 3.29. The number of anilines is 1. The van der Waals surface area contributed by atoms with Crippen LogP contribution < -0.4 is 5.32 Å². The number of fused-ring (bicyclic) bond motifs is 1. The largest absolute Gasteiger partial charge is 0.325 e. The fourth-order valence-electron chi connectivity index (χ4n) is 4.21. The van der Waals surface area contributed by atoms with Crippen LogP contribution in [0.2, 0.25) is 0 Å². The van der Waals surface area contributed by atoms with Gasteiger partial charge in [0.15, 0.2) is 0 Å². The minimum atomic E-state index is -0.322. The van der Waals surface area contributed by atoms with E-state index in [0.29, 0.717) is 17.2 Å². The van der Waals surface area contributed by atoms with Crippen LogP contribution in [0, 0.1) is 18.8 Å². The van der Waals surface area contributed by atoms with E-state index in [1.807, 2.05) is 48.7 Å². The minimum Gasteiger partial charge on any atom is -0.325 e. The van der Waals surface area contributed by atoms with Crippen LogP contribution in [0.15, 0.2) is 55.0 Å². The zero-order valence-electron chi connectivity index (χ0n) is 21.7. The molecule has 1 aromatic carbocycles. The van der Waals surface area contributed by atoms with Gasteiger partial charge >= 0.3 is 0 Å². The number of aryl methyl sites for hydroxylation is 2. The van der Waals surface area contributed by atoms with Gasteiger partial charge in [-0.05, 0) is 62.9 Å². The Morgan fingerprint density at radius 3 is 2.59 bits per heavy atom. The van der Waals surface area contributed by atoms with Crippen molar-refractivity contribution in [2.45, 2.75) is 46.6 Å². The second kappa shape index (κ2) is 11.0. The van der Waals surface area contributed by atoms with Gasteiger partial charge in [-0.1, -0.05) is 31.4 Å². The topological polar surface area (TPSA) is 92.5 Å². The summed E-state index contributed by atoms with van der Waals surface area (Å²) in [5, 5.41) is 2.88. The Kier molecular flexibility index (Phi) is 7.63. The van der Waals surface area contributed by atoms with Crippen molar-refractivity contribution in [2.75, 3.05) is 12.4 Å². The van der Waals surface area contributed by atoms with Crippen LogP contribution in [-0.2, 0) is 11.2 Å². The number of carbonyl (C=O) groups excluding carboxylic acids is 2. The molecule has 1 N–H and O–H groups in total. The first-order valence-corrected chi connectivity index (χ1v) is 12.2. The molecule has 0 saturated heterocycles. The van der Waals surface area contributed by atoms with E-state index < -0.39 is 0 Å². The van der Waals surface area contributed by atoms with Gasteiger partial charge in [0.05, 0.1) is 22.9 Å². The van der Waals surface area contributed by atoms with Gasteiger partial charge in [0.1, 0.15) is 11.6 Å². The molecule has 0 bridgehead atoms. The van der Waals surface area contributed by atoms with E-state index in [1.54, 1.807) is 43.4 Å². The van der Waals surface area contributed by atoms with E-state index in [4.69, 9.17) is 4.98 Å². The van der Waals surface area contributed by atoms with Crippen LogP contribution in [0.25, 0.3) is 16.8 Å². The fourth-order valence-corrected chi connectivity index (χ4v) is 4.21. The van der Waals surface area contributed by atoms with Gasteiger partial charge in [-0.3, -0.25) is 19.0 Å². The number of carbonyl (C=O) groups is 2. The normalized spacial score (nSPS) is 11.5. The molecule has 37 heavy (non-hydrogen) atoms. The zero-order chi connectivity index (χ0) is 26.5. The number of nitrogens with one attached hydrogen (secondary N) is 1. The molecule has 0 fully saturated rings. The van der Waals surface area contributed by atoms with Crippen molar-refractivity contribution in [2.24, 2.45) is 0 Å². The molecule has 1 atom stereocenters. The van der Waals surface area contributed by atoms with Crippen molar-refractivity contribution < 1.29 is 9.59 Å². The zero-order valence-corrected chi connectivity index (χ0v) is 21.7. The van der Waals surface area contributed by atoms with Crippen molar-refractivity contribution in [1.82, 2.24) is 24.3 Å². The second-order valence-electron chi connectivity index (χ2n) is 8.85. The summed E-state index contributed by atoms with van der Waals surface area (Å²) in [6.45, 7) is 7.59. The third kappa shape index (κ3) is 5.36. The molecule has 8 heteroatoms. The molecule has 188 valence electrons. The summed E-state index contributed by atoms with van der Waals surface area (Å²) >= 11 is 0. The molecule has 2 amide bonds. The molecule has 0 unspecified atom stereocenters. The molecule has 0 radical (unpaired) electrons. The summed E-state index contributed by atoms with van der Waals surface area (Å²) in [7, 11) is 1.71. The van der Waals surface area contributed by atoms with Gasteiger partial charge < -0.3 is 10.2 Å². The number of nitrogens with zero attached hydrogens (tertiary/aromatic N) is 5. The predicted octanol–water partition coefficient (Wildman–Crippen LogP) is 4.85. The number of hydrogen-bond acceptors (Lipinski definition) is 5. The Bertz CT molecular complexity index is 1510. The number of aromatic nitrogens is 4. The van der Waals surface area contributed by atoms with Gasteiger partial charge in [0.25, 0.3) is 11.8 Å². The number of amides is 2. The van der Waals surface area contributed by atoms with Crippen molar-refractivity contribution in [1.29, 1.82) is 0 Å². The maximum absolute atomic E-state index is 12.9. The van der Waals surface area contributed by atoms with Gasteiger partial charge in [-0.2, -0.15) is 0 Å². The lowest BCUT2D eigenvalue weighted by Crippen LogP contribution is -2.29. The van der Waals surface area contributed by atoms with Crippen LogP contribution in [0.3, 0.4) is 0 Å². The molecular formula is C29H30N6O2. The van der Waals surface area contributed by atoms with E-state index in [0.717, 1.165) is 40.9 Å². The van der Waals surface area contributed by atoms with Crippen molar-refractivity contribution in [3.8, 4) is 23.1 Å². The quantitative estimate of drug-likeness (QED) is 0.371. The standard InChI is InChI=1S/C29H30N6O2/c1-6-8-21-14-15-31-24(18-21)32-29(37)23-12-10-22(11-13-23)26-27-19(3)30-16-17-35(27)28(33-26)20(4)34(5)25(36)9-7-2/h10-18,20H,6,8H2,1-5H3,(H,31,32,37)/t20-/m0/s1. The molecule has 0 aliphatic rings. The molecule has 4 rings (SSSR count). The van der Waals surface area contributed by atoms with E-state index in [9.17, 15) is 9.59 Å². The van der Waals surface area contributed by atoms with E-state index >= 15 is 0 Å². The van der Waals surface area contributed by atoms with Gasteiger partial charge in [-0.15, -0.1) is 0 Å². The Morgan fingerprint density at radius 2 is 1.89 bits per heavy atom. The lowest BCUT2D eigenvalue weighted by Gasteiger charge is -2.21. The first kappa shape index (κ1) is 25.6. The molecule has 0 spiro atoms. The summed E-state index contributed by atoms with van der Waals surface area (Å²) in [6.07, 6.45) is 7.23. The van der Waals surface area contributed by atoms with Crippen LogP contribution in [0.1, 0.15) is 60.7 Å². The lowest BCUT2D eigenvalue weighted by molar-refractivity contribution is -0.125. The van der Waals surface area contributed by atoms with Crippen LogP contribution in [0.5, 0.6) is 0 Å². The summed E-state index contributed by atoms with van der Waals surface area (Å²) in [5.41, 5.74) is 4.89. The minimum absolute atomic E-state index is 0.230. The summed E-state index contributed by atoms with van der Waals surface area (Å²) in [4.78, 5) is 40.4. The van der Waals surface area contributed by atoms with Crippen LogP contribution in [-0.4, -0.2) is 43.1 Å². The summed E-state index contributed by atoms with van der Waals surface area (Å²) in [5.74, 6) is 5.97. The van der Waals surface area contributed by atoms with Crippen molar-refractivity contribution >= 4 is 23.1 Å². The lowest BCUT2D eigenvalue weighted by atomic mass is 10.1. The Morgan fingerprint density at radius 1 is 1.14 bits per heavy atom. The van der Waals surface area contributed by atoms with E-state index in [-0.39, 0.29) is 17.9 Å². The predicted molar refractivity (Wildman–Crippen MR) is 144 cm³/mol.